The Balaban J connectivity index is 3.24. The third kappa shape index (κ3) is 3.75. The smallest absolute Gasteiger partial charge is 0.374 e. The van der Waals surface area contributed by atoms with Crippen LogP contribution in [-0.2, 0) is 14.9 Å². The highest BCUT2D eigenvalue weighted by atomic mass is 32.2. The number of benzene rings is 1. The molecule has 0 unspecified atom stereocenters. The number of amides is 1. The van der Waals surface area contributed by atoms with Crippen molar-refractivity contribution in [3.05, 3.63) is 36.4 Å². The molecule has 0 bridgehead atoms. The van der Waals surface area contributed by atoms with Gasteiger partial charge in [-0.05, 0) is 19.1 Å². The molecule has 0 fully saturated rings. The van der Waals surface area contributed by atoms with Crippen LogP contribution >= 0.6 is 0 Å². The number of anilines is 1. The van der Waals surface area contributed by atoms with E-state index in [0.29, 0.717) is 0 Å². The highest BCUT2D eigenvalue weighted by Crippen LogP contribution is 2.33. The Morgan fingerprint density at radius 3 is 2.29 bits per heavy atom. The minimum absolute atomic E-state index is 0.127. The second kappa shape index (κ2) is 5.76. The minimum Gasteiger partial charge on any atom is -0.374 e. The number of alkyl halides is 3. The van der Waals surface area contributed by atoms with E-state index in [1.807, 2.05) is 0 Å². The maximum atomic E-state index is 12.3. The Morgan fingerprint density at radius 1 is 1.29 bits per heavy atom. The van der Waals surface area contributed by atoms with Gasteiger partial charge in [0.25, 0.3) is 5.91 Å². The Labute approximate surface area is 119 Å². The number of carbonyl (C=O) groups excluding carboxylic acids is 1. The van der Waals surface area contributed by atoms with E-state index in [1.165, 1.54) is 32.2 Å². The van der Waals surface area contributed by atoms with Gasteiger partial charge in [0.15, 0.2) is 5.75 Å². The lowest BCUT2D eigenvalue weighted by molar-refractivity contribution is -0.114. The van der Waals surface area contributed by atoms with Gasteiger partial charge in [0, 0.05) is 12.6 Å². The molecule has 0 saturated heterocycles. The highest BCUT2D eigenvalue weighted by molar-refractivity contribution is 7.88. The van der Waals surface area contributed by atoms with E-state index in [9.17, 15) is 26.4 Å². The molecule has 0 heterocycles. The van der Waals surface area contributed by atoms with Crippen LogP contribution in [0.25, 0.3) is 0 Å². The van der Waals surface area contributed by atoms with Crippen LogP contribution < -0.4 is 9.08 Å². The zero-order valence-corrected chi connectivity index (χ0v) is 12.0. The molecule has 0 aliphatic rings. The van der Waals surface area contributed by atoms with Crippen molar-refractivity contribution in [3.8, 4) is 5.75 Å². The molecule has 1 aromatic carbocycles. The van der Waals surface area contributed by atoms with Gasteiger partial charge in [0.05, 0.1) is 5.69 Å². The van der Waals surface area contributed by atoms with E-state index in [4.69, 9.17) is 0 Å². The minimum atomic E-state index is -5.81. The summed E-state index contributed by atoms with van der Waals surface area (Å²) in [4.78, 5) is 12.7. The van der Waals surface area contributed by atoms with Crippen LogP contribution in [0.5, 0.6) is 5.75 Å². The molecule has 21 heavy (non-hydrogen) atoms. The van der Waals surface area contributed by atoms with Crippen molar-refractivity contribution in [2.45, 2.75) is 12.4 Å². The lowest BCUT2D eigenvalue weighted by Gasteiger charge is -2.20. The molecule has 0 atom stereocenters. The summed E-state index contributed by atoms with van der Waals surface area (Å²) in [6.45, 7) is 4.83. The van der Waals surface area contributed by atoms with Crippen LogP contribution in [0.1, 0.15) is 6.92 Å². The first kappa shape index (κ1) is 17.0. The van der Waals surface area contributed by atoms with Crippen molar-refractivity contribution in [1.29, 1.82) is 0 Å². The molecule has 9 heteroatoms. The Hall–Kier alpha value is -2.03. The van der Waals surface area contributed by atoms with Crippen LogP contribution in [0.4, 0.5) is 18.9 Å². The summed E-state index contributed by atoms with van der Waals surface area (Å²) in [5.74, 6) is -1.19. The topological polar surface area (TPSA) is 63.7 Å². The van der Waals surface area contributed by atoms with Crippen molar-refractivity contribution < 1.29 is 30.6 Å². The normalized spacial score (nSPS) is 11.9. The second-order valence-electron chi connectivity index (χ2n) is 4.10. The Kier molecular flexibility index (Phi) is 4.67. The SMILES string of the molecule is C=C(C)C(=O)N(C)c1ccccc1OS(=O)(=O)C(F)(F)F. The van der Waals surface area contributed by atoms with Crippen LogP contribution in [0, 0.1) is 0 Å². The molecule has 0 aromatic heterocycles. The number of rotatable bonds is 4. The molecular weight excluding hydrogens is 311 g/mol. The zero-order chi connectivity index (χ0) is 16.4. The van der Waals surface area contributed by atoms with Gasteiger partial charge in [-0.25, -0.2) is 0 Å². The lowest BCUT2D eigenvalue weighted by Crippen LogP contribution is -2.30. The Bertz CT molecular complexity index is 667. The predicted molar refractivity (Wildman–Crippen MR) is 70.3 cm³/mol. The zero-order valence-electron chi connectivity index (χ0n) is 11.1. The molecule has 0 aliphatic carbocycles. The molecule has 116 valence electrons. The van der Waals surface area contributed by atoms with E-state index in [0.717, 1.165) is 11.0 Å². The molecule has 0 spiro atoms. The largest absolute Gasteiger partial charge is 0.534 e. The number of nitrogens with zero attached hydrogens (tertiary/aromatic N) is 1. The second-order valence-corrected chi connectivity index (χ2v) is 5.63. The highest BCUT2D eigenvalue weighted by Gasteiger charge is 2.48. The summed E-state index contributed by atoms with van der Waals surface area (Å²) >= 11 is 0. The third-order valence-corrected chi connectivity index (χ3v) is 3.35. The van der Waals surface area contributed by atoms with Crippen molar-refractivity contribution in [1.82, 2.24) is 0 Å². The van der Waals surface area contributed by atoms with E-state index in [1.54, 1.807) is 0 Å². The maximum Gasteiger partial charge on any atom is 0.534 e. The Morgan fingerprint density at radius 2 is 1.81 bits per heavy atom. The van der Waals surface area contributed by atoms with Crippen molar-refractivity contribution in [2.75, 3.05) is 11.9 Å². The summed E-state index contributed by atoms with van der Waals surface area (Å²) in [5, 5.41) is 0. The van der Waals surface area contributed by atoms with Crippen LogP contribution in [0.2, 0.25) is 0 Å². The van der Waals surface area contributed by atoms with Crippen LogP contribution in [0.15, 0.2) is 36.4 Å². The van der Waals surface area contributed by atoms with Gasteiger partial charge in [-0.3, -0.25) is 4.79 Å². The van der Waals surface area contributed by atoms with E-state index in [2.05, 4.69) is 10.8 Å². The molecular formula is C12H12F3NO4S. The average Bonchev–Trinajstić information content (AvgIpc) is 2.35. The quantitative estimate of drug-likeness (QED) is 0.485. The van der Waals surface area contributed by atoms with Crippen molar-refractivity contribution in [3.63, 3.8) is 0 Å². The number of para-hydroxylation sites is 2. The fourth-order valence-electron chi connectivity index (χ4n) is 1.37. The number of hydrogen-bond donors (Lipinski definition) is 0. The first-order chi connectivity index (χ1) is 9.47. The van der Waals surface area contributed by atoms with E-state index in [-0.39, 0.29) is 11.3 Å². The summed E-state index contributed by atoms with van der Waals surface area (Å²) in [5.41, 5.74) is -5.55. The number of likely N-dealkylation sites (N-methyl/N-ethyl adjacent to an activating group) is 1. The average molecular weight is 323 g/mol. The van der Waals surface area contributed by atoms with E-state index < -0.39 is 27.3 Å². The van der Waals surface area contributed by atoms with Crippen molar-refractivity contribution in [2.24, 2.45) is 0 Å². The summed E-state index contributed by atoms with van der Waals surface area (Å²) in [6, 6.07) is 4.97. The molecule has 1 aromatic rings. The first-order valence-corrected chi connectivity index (χ1v) is 6.91. The van der Waals surface area contributed by atoms with Gasteiger partial charge >= 0.3 is 15.6 Å². The van der Waals surface area contributed by atoms with E-state index >= 15 is 0 Å². The molecule has 0 N–H and O–H groups in total. The number of hydrogen-bond acceptors (Lipinski definition) is 4. The lowest BCUT2D eigenvalue weighted by atomic mass is 10.2. The fourth-order valence-corrected chi connectivity index (χ4v) is 1.84. The van der Waals surface area contributed by atoms with Crippen LogP contribution in [-0.4, -0.2) is 26.9 Å². The number of carbonyl (C=O) groups is 1. The van der Waals surface area contributed by atoms with Gasteiger partial charge in [-0.1, -0.05) is 18.7 Å². The van der Waals surface area contributed by atoms with Gasteiger partial charge < -0.3 is 9.08 Å². The van der Waals surface area contributed by atoms with Gasteiger partial charge in [0.1, 0.15) is 0 Å². The monoisotopic (exact) mass is 323 g/mol. The first-order valence-electron chi connectivity index (χ1n) is 5.50. The third-order valence-electron chi connectivity index (χ3n) is 2.38. The molecule has 1 amide bonds. The van der Waals surface area contributed by atoms with Crippen LogP contribution in [0.3, 0.4) is 0 Å². The van der Waals surface area contributed by atoms with Gasteiger partial charge in [-0.15, -0.1) is 0 Å². The summed E-state index contributed by atoms with van der Waals surface area (Å²) < 4.78 is 63.1. The summed E-state index contributed by atoms with van der Waals surface area (Å²) in [6.07, 6.45) is 0. The fraction of sp³-hybridized carbons (Fsp3) is 0.250. The molecule has 0 saturated carbocycles. The van der Waals surface area contributed by atoms with Gasteiger partial charge in [-0.2, -0.15) is 21.6 Å². The van der Waals surface area contributed by atoms with Crippen molar-refractivity contribution >= 4 is 21.7 Å². The molecule has 5 nitrogen and oxygen atoms in total. The predicted octanol–water partition coefficient (Wildman–Crippen LogP) is 2.45. The standard InChI is InChI=1S/C12H12F3NO4S/c1-8(2)11(17)16(3)9-6-4-5-7-10(9)20-21(18,19)12(13,14)15/h4-7H,1H2,2-3H3. The number of halogens is 3. The molecule has 0 radical (unpaired) electrons. The van der Waals surface area contributed by atoms with Gasteiger partial charge in [0.2, 0.25) is 0 Å². The molecule has 1 rings (SSSR count). The molecule has 0 aliphatic heterocycles. The summed E-state index contributed by atoms with van der Waals surface area (Å²) in [7, 11) is -4.55. The maximum absolute atomic E-state index is 12.3.